The molecular formula is C12H13BrN4O2. The molecule has 0 saturated carbocycles. The standard InChI is InChI=1S/C12H13BrN4O2/c1-7(11-16-14-6-17(11)2)15-12(19)9-5-8(13)3-4-10(9)18/h3-7,18H,1-2H3,(H,15,19). The van der Waals surface area contributed by atoms with Crippen LogP contribution in [0.4, 0.5) is 0 Å². The molecule has 1 amide bonds. The fourth-order valence-electron chi connectivity index (χ4n) is 1.71. The molecule has 6 nitrogen and oxygen atoms in total. The summed E-state index contributed by atoms with van der Waals surface area (Å²) >= 11 is 3.26. The van der Waals surface area contributed by atoms with E-state index < -0.39 is 0 Å². The molecule has 100 valence electrons. The molecule has 7 heteroatoms. The minimum absolute atomic E-state index is 0.0640. The second kappa shape index (κ2) is 5.40. The maximum Gasteiger partial charge on any atom is 0.255 e. The van der Waals surface area contributed by atoms with Crippen molar-refractivity contribution in [3.8, 4) is 5.75 Å². The van der Waals surface area contributed by atoms with Gasteiger partial charge in [-0.2, -0.15) is 0 Å². The smallest absolute Gasteiger partial charge is 0.255 e. The Labute approximate surface area is 118 Å². The van der Waals surface area contributed by atoms with Crippen LogP contribution in [0.1, 0.15) is 29.1 Å². The first-order valence-electron chi connectivity index (χ1n) is 5.62. The topological polar surface area (TPSA) is 80.0 Å². The number of amides is 1. The van der Waals surface area contributed by atoms with E-state index in [0.717, 1.165) is 4.47 Å². The molecule has 0 aliphatic heterocycles. The Morgan fingerprint density at radius 1 is 1.53 bits per heavy atom. The summed E-state index contributed by atoms with van der Waals surface area (Å²) in [6.45, 7) is 1.80. The lowest BCUT2D eigenvalue weighted by atomic mass is 10.1. The van der Waals surface area contributed by atoms with Gasteiger partial charge in [0.05, 0.1) is 11.6 Å². The molecule has 2 N–H and O–H groups in total. The number of hydrogen-bond acceptors (Lipinski definition) is 4. The van der Waals surface area contributed by atoms with Crippen LogP contribution in [0.3, 0.4) is 0 Å². The largest absolute Gasteiger partial charge is 0.507 e. The van der Waals surface area contributed by atoms with Crippen LogP contribution in [-0.2, 0) is 7.05 Å². The van der Waals surface area contributed by atoms with E-state index in [1.165, 1.54) is 6.07 Å². The maximum absolute atomic E-state index is 12.1. The molecule has 1 heterocycles. The zero-order valence-corrected chi connectivity index (χ0v) is 12.0. The summed E-state index contributed by atoms with van der Waals surface area (Å²) in [5, 5.41) is 20.1. The molecule has 1 unspecified atom stereocenters. The Hall–Kier alpha value is -1.89. The Kier molecular flexibility index (Phi) is 3.84. The van der Waals surface area contributed by atoms with Crippen molar-refractivity contribution in [2.45, 2.75) is 13.0 Å². The van der Waals surface area contributed by atoms with Crippen LogP contribution >= 0.6 is 15.9 Å². The molecule has 0 fully saturated rings. The van der Waals surface area contributed by atoms with Crippen LogP contribution < -0.4 is 5.32 Å². The van der Waals surface area contributed by atoms with E-state index in [2.05, 4.69) is 31.4 Å². The van der Waals surface area contributed by atoms with Gasteiger partial charge in [0, 0.05) is 11.5 Å². The summed E-state index contributed by atoms with van der Waals surface area (Å²) < 4.78 is 2.45. The molecule has 0 aliphatic rings. The number of aryl methyl sites for hydroxylation is 1. The highest BCUT2D eigenvalue weighted by molar-refractivity contribution is 9.10. The van der Waals surface area contributed by atoms with E-state index in [1.807, 2.05) is 0 Å². The van der Waals surface area contributed by atoms with Crippen LogP contribution in [0.15, 0.2) is 29.0 Å². The van der Waals surface area contributed by atoms with E-state index in [4.69, 9.17) is 0 Å². The van der Waals surface area contributed by atoms with Gasteiger partial charge in [-0.05, 0) is 25.1 Å². The second-order valence-corrected chi connectivity index (χ2v) is 5.07. The lowest BCUT2D eigenvalue weighted by Crippen LogP contribution is -2.28. The third kappa shape index (κ3) is 2.93. The van der Waals surface area contributed by atoms with Gasteiger partial charge >= 0.3 is 0 Å². The molecule has 2 aromatic rings. The van der Waals surface area contributed by atoms with Crippen LogP contribution in [0, 0.1) is 0 Å². The van der Waals surface area contributed by atoms with E-state index in [0.29, 0.717) is 5.82 Å². The number of nitrogens with one attached hydrogen (secondary N) is 1. The zero-order chi connectivity index (χ0) is 14.0. The average Bonchev–Trinajstić information content (AvgIpc) is 2.78. The summed E-state index contributed by atoms with van der Waals surface area (Å²) in [4.78, 5) is 12.1. The van der Waals surface area contributed by atoms with Crippen molar-refractivity contribution in [2.24, 2.45) is 7.05 Å². The first-order chi connectivity index (χ1) is 8.99. The van der Waals surface area contributed by atoms with Crippen molar-refractivity contribution in [1.82, 2.24) is 20.1 Å². The molecule has 1 aromatic heterocycles. The summed E-state index contributed by atoms with van der Waals surface area (Å²) in [5.74, 6) is 0.211. The Balaban J connectivity index is 2.17. The van der Waals surface area contributed by atoms with Crippen LogP contribution in [0.5, 0.6) is 5.75 Å². The van der Waals surface area contributed by atoms with Crippen LogP contribution in [0.25, 0.3) is 0 Å². The molecule has 0 saturated heterocycles. The first kappa shape index (κ1) is 13.5. The van der Waals surface area contributed by atoms with Gasteiger partial charge in [-0.15, -0.1) is 10.2 Å². The lowest BCUT2D eigenvalue weighted by Gasteiger charge is -2.13. The molecule has 1 atom stereocenters. The fourth-order valence-corrected chi connectivity index (χ4v) is 2.07. The van der Waals surface area contributed by atoms with Crippen molar-refractivity contribution in [3.63, 3.8) is 0 Å². The zero-order valence-electron chi connectivity index (χ0n) is 10.5. The number of carbonyl (C=O) groups is 1. The van der Waals surface area contributed by atoms with E-state index in [1.54, 1.807) is 37.0 Å². The lowest BCUT2D eigenvalue weighted by molar-refractivity contribution is 0.0935. The monoisotopic (exact) mass is 324 g/mol. The molecule has 0 bridgehead atoms. The van der Waals surface area contributed by atoms with E-state index in [9.17, 15) is 9.90 Å². The molecule has 0 spiro atoms. The predicted molar refractivity (Wildman–Crippen MR) is 72.7 cm³/mol. The van der Waals surface area contributed by atoms with Gasteiger partial charge in [-0.1, -0.05) is 15.9 Å². The van der Waals surface area contributed by atoms with Gasteiger partial charge < -0.3 is 15.0 Å². The number of phenolic OH excluding ortho intramolecular Hbond substituents is 1. The van der Waals surface area contributed by atoms with Gasteiger partial charge in [0.2, 0.25) is 0 Å². The highest BCUT2D eigenvalue weighted by atomic mass is 79.9. The van der Waals surface area contributed by atoms with Crippen molar-refractivity contribution < 1.29 is 9.90 Å². The highest BCUT2D eigenvalue weighted by Crippen LogP contribution is 2.22. The van der Waals surface area contributed by atoms with E-state index >= 15 is 0 Å². The van der Waals surface area contributed by atoms with Gasteiger partial charge in [-0.3, -0.25) is 4.79 Å². The van der Waals surface area contributed by atoms with Crippen molar-refractivity contribution in [2.75, 3.05) is 0 Å². The summed E-state index contributed by atoms with van der Waals surface area (Å²) in [7, 11) is 1.80. The van der Waals surface area contributed by atoms with Gasteiger partial charge in [0.15, 0.2) is 5.82 Å². The second-order valence-electron chi connectivity index (χ2n) is 4.16. The quantitative estimate of drug-likeness (QED) is 0.901. The molecule has 2 rings (SSSR count). The van der Waals surface area contributed by atoms with Crippen LogP contribution in [0.2, 0.25) is 0 Å². The fraction of sp³-hybridized carbons (Fsp3) is 0.250. The number of carbonyl (C=O) groups excluding carboxylic acids is 1. The summed E-state index contributed by atoms with van der Waals surface area (Å²) in [6.07, 6.45) is 1.56. The number of hydrogen-bond donors (Lipinski definition) is 2. The predicted octanol–water partition coefficient (Wildman–Crippen LogP) is 1.77. The number of aromatic nitrogens is 3. The van der Waals surface area contributed by atoms with Gasteiger partial charge in [0.1, 0.15) is 12.1 Å². The Bertz CT molecular complexity index is 612. The normalized spacial score (nSPS) is 12.2. The first-order valence-corrected chi connectivity index (χ1v) is 6.41. The third-order valence-corrected chi connectivity index (χ3v) is 3.18. The minimum atomic E-state index is -0.366. The van der Waals surface area contributed by atoms with Crippen molar-refractivity contribution >= 4 is 21.8 Å². The van der Waals surface area contributed by atoms with Crippen LogP contribution in [-0.4, -0.2) is 25.8 Å². The number of halogens is 1. The maximum atomic E-state index is 12.1. The third-order valence-electron chi connectivity index (χ3n) is 2.68. The number of aromatic hydroxyl groups is 1. The van der Waals surface area contributed by atoms with E-state index in [-0.39, 0.29) is 23.3 Å². The molecule has 19 heavy (non-hydrogen) atoms. The average molecular weight is 325 g/mol. The molecular weight excluding hydrogens is 312 g/mol. The van der Waals surface area contributed by atoms with Crippen molar-refractivity contribution in [3.05, 3.63) is 40.4 Å². The molecule has 0 radical (unpaired) electrons. The number of benzene rings is 1. The SMILES string of the molecule is CC(NC(=O)c1cc(Br)ccc1O)c1nncn1C. The number of rotatable bonds is 3. The van der Waals surface area contributed by atoms with Gasteiger partial charge in [0.25, 0.3) is 5.91 Å². The number of nitrogens with zero attached hydrogens (tertiary/aromatic N) is 3. The Morgan fingerprint density at radius 2 is 2.26 bits per heavy atom. The highest BCUT2D eigenvalue weighted by Gasteiger charge is 2.17. The van der Waals surface area contributed by atoms with Crippen molar-refractivity contribution in [1.29, 1.82) is 0 Å². The number of phenols is 1. The summed E-state index contributed by atoms with van der Waals surface area (Å²) in [5.41, 5.74) is 0.211. The molecule has 1 aromatic carbocycles. The summed E-state index contributed by atoms with van der Waals surface area (Å²) in [6, 6.07) is 4.39. The molecule has 0 aliphatic carbocycles. The van der Waals surface area contributed by atoms with Gasteiger partial charge in [-0.25, -0.2) is 0 Å². The minimum Gasteiger partial charge on any atom is -0.507 e. The Morgan fingerprint density at radius 3 is 2.89 bits per heavy atom.